The molecule has 0 saturated carbocycles. The minimum Gasteiger partial charge on any atom is -0.490 e. The zero-order valence-electron chi connectivity index (χ0n) is 17.4. The number of rotatable bonds is 8. The van der Waals surface area contributed by atoms with Gasteiger partial charge in [-0.3, -0.25) is 9.59 Å². The number of nitrogens with one attached hydrogen (secondary N) is 1. The van der Waals surface area contributed by atoms with Crippen LogP contribution in [0.1, 0.15) is 42.4 Å². The van der Waals surface area contributed by atoms with Crippen LogP contribution in [0, 0.1) is 12.8 Å². The Morgan fingerprint density at radius 3 is 2.70 bits per heavy atom. The molecule has 0 radical (unpaired) electrons. The third-order valence-electron chi connectivity index (χ3n) is 4.65. The maximum Gasteiger partial charge on any atom is 0.230 e. The second-order valence-electron chi connectivity index (χ2n) is 7.47. The van der Waals surface area contributed by atoms with E-state index in [1.165, 1.54) is 23.1 Å². The number of ether oxygens (including phenoxy) is 2. The Morgan fingerprint density at radius 2 is 2.00 bits per heavy atom. The van der Waals surface area contributed by atoms with Gasteiger partial charge >= 0.3 is 0 Å². The number of benzene rings is 1. The summed E-state index contributed by atoms with van der Waals surface area (Å²) in [6.07, 6.45) is 1.03. The summed E-state index contributed by atoms with van der Waals surface area (Å²) in [5.41, 5.74) is 7.04. The molecule has 1 aromatic carbocycles. The van der Waals surface area contributed by atoms with Crippen molar-refractivity contribution in [2.75, 3.05) is 19.0 Å². The maximum atomic E-state index is 12.6. The lowest BCUT2D eigenvalue weighted by atomic mass is 9.95. The largest absolute Gasteiger partial charge is 0.490 e. The summed E-state index contributed by atoms with van der Waals surface area (Å²) in [6, 6.07) is 5.70. The van der Waals surface area contributed by atoms with E-state index < -0.39 is 0 Å². The van der Waals surface area contributed by atoms with Crippen molar-refractivity contribution in [1.29, 1.82) is 0 Å². The molecule has 3 N–H and O–H groups in total. The monoisotopic (exact) mass is 449 g/mol. The lowest BCUT2D eigenvalue weighted by Gasteiger charge is -2.23. The molecule has 1 atom stereocenters. The molecule has 2 heterocycles. The second-order valence-corrected chi connectivity index (χ2v) is 9.77. The van der Waals surface area contributed by atoms with Crippen molar-refractivity contribution in [3.63, 3.8) is 0 Å². The molecule has 2 amide bonds. The van der Waals surface area contributed by atoms with Gasteiger partial charge in [0.2, 0.25) is 11.8 Å². The third-order valence-corrected chi connectivity index (χ3v) is 6.95. The molecule has 0 saturated heterocycles. The molecular weight excluding hydrogens is 422 g/mol. The van der Waals surface area contributed by atoms with Crippen LogP contribution in [0.3, 0.4) is 0 Å². The number of nitrogens with zero attached hydrogens (tertiary/aromatic N) is 1. The highest BCUT2D eigenvalue weighted by molar-refractivity contribution is 8.01. The highest BCUT2D eigenvalue weighted by Gasteiger charge is 2.21. The number of hydrogen-bond donors (Lipinski definition) is 2. The van der Waals surface area contributed by atoms with Crippen LogP contribution >= 0.6 is 23.1 Å². The zero-order valence-corrected chi connectivity index (χ0v) is 19.0. The first kappa shape index (κ1) is 22.4. The normalized spacial score (nSPS) is 14.3. The molecular formula is C21H27N3O4S2. The van der Waals surface area contributed by atoms with E-state index in [2.05, 4.69) is 24.1 Å². The molecule has 0 unspecified atom stereocenters. The number of hydrogen-bond acceptors (Lipinski definition) is 7. The van der Waals surface area contributed by atoms with Gasteiger partial charge in [0.15, 0.2) is 15.8 Å². The van der Waals surface area contributed by atoms with E-state index in [4.69, 9.17) is 15.2 Å². The summed E-state index contributed by atoms with van der Waals surface area (Å²) in [5, 5.41) is 3.13. The van der Waals surface area contributed by atoms with Crippen LogP contribution < -0.4 is 20.5 Å². The first-order valence-corrected chi connectivity index (χ1v) is 11.7. The fraction of sp³-hybridized carbons (Fsp3) is 0.476. The van der Waals surface area contributed by atoms with Gasteiger partial charge < -0.3 is 20.5 Å². The Bertz CT molecular complexity index is 914. The van der Waals surface area contributed by atoms with Crippen molar-refractivity contribution in [2.45, 2.75) is 44.0 Å². The smallest absolute Gasteiger partial charge is 0.230 e. The van der Waals surface area contributed by atoms with Crippen molar-refractivity contribution < 1.29 is 19.1 Å². The molecule has 7 nitrogen and oxygen atoms in total. The third kappa shape index (κ3) is 5.89. The summed E-state index contributed by atoms with van der Waals surface area (Å²) in [4.78, 5) is 29.0. The van der Waals surface area contributed by atoms with Crippen LogP contribution in [0.15, 0.2) is 22.5 Å². The first-order valence-electron chi connectivity index (χ1n) is 9.89. The van der Waals surface area contributed by atoms with Crippen LogP contribution in [0.4, 0.5) is 0 Å². The van der Waals surface area contributed by atoms with Crippen molar-refractivity contribution in [2.24, 2.45) is 11.7 Å². The standard InChI is InChI=1S/C21H27N3O4S2/c1-12(2)20(14-5-6-15-16(9-14)28-8-4-7-27-15)24-19(26)11-29-21-23-13(3)17(30-21)10-18(22)25/h5-6,9,12,20H,4,7-8,10-11H2,1-3H3,(H2,22,25)(H,24,26)/t20-/m0/s1. The number of aromatic nitrogens is 1. The average molecular weight is 450 g/mol. The number of primary amides is 1. The van der Waals surface area contributed by atoms with Gasteiger partial charge in [0.05, 0.1) is 37.1 Å². The van der Waals surface area contributed by atoms with Gasteiger partial charge in [-0.2, -0.15) is 0 Å². The Balaban J connectivity index is 1.63. The van der Waals surface area contributed by atoms with Gasteiger partial charge in [0.25, 0.3) is 0 Å². The van der Waals surface area contributed by atoms with Gasteiger partial charge in [0, 0.05) is 11.3 Å². The quantitative estimate of drug-likeness (QED) is 0.600. The first-order chi connectivity index (χ1) is 14.3. The second kappa shape index (κ2) is 10.2. The number of carbonyl (C=O) groups excluding carboxylic acids is 2. The number of aryl methyl sites for hydroxylation is 1. The summed E-state index contributed by atoms with van der Waals surface area (Å²) in [5.74, 6) is 1.46. The van der Waals surface area contributed by atoms with E-state index in [1.54, 1.807) is 0 Å². The molecule has 2 aromatic rings. The minimum atomic E-state index is -0.383. The summed E-state index contributed by atoms with van der Waals surface area (Å²) in [6.45, 7) is 7.25. The molecule has 3 rings (SSSR count). The van der Waals surface area contributed by atoms with Gasteiger partial charge in [0.1, 0.15) is 0 Å². The van der Waals surface area contributed by atoms with Crippen LogP contribution in [-0.2, 0) is 16.0 Å². The van der Waals surface area contributed by atoms with Crippen LogP contribution in [0.5, 0.6) is 11.5 Å². The Hall–Kier alpha value is -2.26. The van der Waals surface area contributed by atoms with Crippen molar-refractivity contribution in [1.82, 2.24) is 10.3 Å². The number of fused-ring (bicyclic) bond motifs is 1. The van der Waals surface area contributed by atoms with Crippen LogP contribution in [0.2, 0.25) is 0 Å². The predicted octanol–water partition coefficient (Wildman–Crippen LogP) is 3.25. The molecule has 0 bridgehead atoms. The Kier molecular flexibility index (Phi) is 7.60. The molecule has 0 aliphatic carbocycles. The molecule has 1 aliphatic heterocycles. The van der Waals surface area contributed by atoms with Crippen LogP contribution in [0.25, 0.3) is 0 Å². The molecule has 30 heavy (non-hydrogen) atoms. The van der Waals surface area contributed by atoms with E-state index in [0.29, 0.717) is 13.2 Å². The average Bonchev–Trinajstić information content (AvgIpc) is 2.89. The number of nitrogens with two attached hydrogens (primary N) is 1. The zero-order chi connectivity index (χ0) is 21.7. The molecule has 9 heteroatoms. The number of carbonyl (C=O) groups is 2. The van der Waals surface area contributed by atoms with E-state index >= 15 is 0 Å². The van der Waals surface area contributed by atoms with Crippen molar-refractivity contribution in [3.05, 3.63) is 34.3 Å². The number of thiazole rings is 1. The summed E-state index contributed by atoms with van der Waals surface area (Å²) in [7, 11) is 0. The van der Waals surface area contributed by atoms with E-state index in [1.807, 2.05) is 25.1 Å². The lowest BCUT2D eigenvalue weighted by Crippen LogP contribution is -2.33. The highest BCUT2D eigenvalue weighted by atomic mass is 32.2. The van der Waals surface area contributed by atoms with Crippen molar-refractivity contribution in [3.8, 4) is 11.5 Å². The molecule has 1 aliphatic rings. The fourth-order valence-corrected chi connectivity index (χ4v) is 5.19. The number of thioether (sulfide) groups is 1. The highest BCUT2D eigenvalue weighted by Crippen LogP contribution is 2.34. The number of amides is 2. The minimum absolute atomic E-state index is 0.0740. The van der Waals surface area contributed by atoms with Gasteiger partial charge in [-0.15, -0.1) is 11.3 Å². The maximum absolute atomic E-state index is 12.6. The summed E-state index contributed by atoms with van der Waals surface area (Å²) >= 11 is 2.77. The van der Waals surface area contributed by atoms with Crippen LogP contribution in [-0.4, -0.2) is 35.8 Å². The van der Waals surface area contributed by atoms with Crippen molar-refractivity contribution >= 4 is 34.9 Å². The topological polar surface area (TPSA) is 104 Å². The van der Waals surface area contributed by atoms with Gasteiger partial charge in [-0.05, 0) is 30.5 Å². The SMILES string of the molecule is Cc1nc(SCC(=O)N[C@H](c2ccc3c(c2)OCCCO3)C(C)C)sc1CC(N)=O. The Labute approximate surface area is 184 Å². The summed E-state index contributed by atoms with van der Waals surface area (Å²) < 4.78 is 12.2. The Morgan fingerprint density at radius 1 is 1.27 bits per heavy atom. The van der Waals surface area contributed by atoms with Gasteiger partial charge in [-0.25, -0.2) is 4.98 Å². The predicted molar refractivity (Wildman–Crippen MR) is 118 cm³/mol. The molecule has 0 fully saturated rings. The van der Waals surface area contributed by atoms with E-state index in [9.17, 15) is 9.59 Å². The van der Waals surface area contributed by atoms with E-state index in [0.717, 1.165) is 38.4 Å². The molecule has 162 valence electrons. The lowest BCUT2D eigenvalue weighted by molar-refractivity contribution is -0.119. The van der Waals surface area contributed by atoms with Gasteiger partial charge in [-0.1, -0.05) is 31.7 Å². The molecule has 1 aromatic heterocycles. The van der Waals surface area contributed by atoms with E-state index in [-0.39, 0.29) is 35.9 Å². The molecule has 0 spiro atoms. The fourth-order valence-electron chi connectivity index (χ4n) is 3.14.